The molecule has 0 radical (unpaired) electrons. The number of carbonyl (C=O) groups is 3. The van der Waals surface area contributed by atoms with Crippen LogP contribution in [0.2, 0.25) is 10.0 Å². The van der Waals surface area contributed by atoms with Gasteiger partial charge in [-0.25, -0.2) is 4.39 Å². The summed E-state index contributed by atoms with van der Waals surface area (Å²) in [5.74, 6) is -1.82. The zero-order valence-electron chi connectivity index (χ0n) is 14.4. The summed E-state index contributed by atoms with van der Waals surface area (Å²) < 4.78 is 13.0. The van der Waals surface area contributed by atoms with E-state index in [-0.39, 0.29) is 35.2 Å². The number of hydrazine groups is 1. The SMILES string of the molecule is O=C(CCNC(=O)c1ccc(F)cc1Cl)NNC(=O)CSc1ccc(Cl)cc1. The molecule has 0 aliphatic rings. The van der Waals surface area contributed by atoms with Gasteiger partial charge in [-0.3, -0.25) is 25.2 Å². The number of carbonyl (C=O) groups excluding carboxylic acids is 3. The molecule has 28 heavy (non-hydrogen) atoms. The van der Waals surface area contributed by atoms with Crippen molar-refractivity contribution in [3.63, 3.8) is 0 Å². The van der Waals surface area contributed by atoms with E-state index in [1.165, 1.54) is 17.8 Å². The van der Waals surface area contributed by atoms with Crippen LogP contribution in [0.1, 0.15) is 16.8 Å². The summed E-state index contributed by atoms with van der Waals surface area (Å²) in [6.45, 7) is 0.0216. The van der Waals surface area contributed by atoms with Crippen LogP contribution in [0.3, 0.4) is 0 Å². The van der Waals surface area contributed by atoms with E-state index in [0.29, 0.717) is 5.02 Å². The second-order valence-corrected chi connectivity index (χ2v) is 7.36. The maximum absolute atomic E-state index is 13.0. The molecule has 2 aromatic carbocycles. The van der Waals surface area contributed by atoms with Gasteiger partial charge in [-0.05, 0) is 42.5 Å². The number of hydrogen-bond donors (Lipinski definition) is 3. The first-order valence-corrected chi connectivity index (χ1v) is 9.78. The van der Waals surface area contributed by atoms with Gasteiger partial charge in [0.25, 0.3) is 5.91 Å². The molecule has 0 spiro atoms. The summed E-state index contributed by atoms with van der Waals surface area (Å²) in [7, 11) is 0. The topological polar surface area (TPSA) is 87.3 Å². The minimum atomic E-state index is -0.550. The van der Waals surface area contributed by atoms with Crippen molar-refractivity contribution in [2.24, 2.45) is 0 Å². The summed E-state index contributed by atoms with van der Waals surface area (Å²) in [6.07, 6.45) is -0.0604. The maximum Gasteiger partial charge on any atom is 0.252 e. The minimum Gasteiger partial charge on any atom is -0.351 e. The van der Waals surface area contributed by atoms with Gasteiger partial charge in [0.15, 0.2) is 0 Å². The predicted molar refractivity (Wildman–Crippen MR) is 107 cm³/mol. The first-order chi connectivity index (χ1) is 13.3. The largest absolute Gasteiger partial charge is 0.351 e. The Morgan fingerprint density at radius 2 is 1.64 bits per heavy atom. The Morgan fingerprint density at radius 3 is 2.32 bits per heavy atom. The number of benzene rings is 2. The maximum atomic E-state index is 13.0. The van der Waals surface area contributed by atoms with E-state index in [0.717, 1.165) is 17.0 Å². The van der Waals surface area contributed by atoms with Crippen molar-refractivity contribution in [3.05, 3.63) is 63.9 Å². The van der Waals surface area contributed by atoms with Crippen molar-refractivity contribution >= 4 is 52.7 Å². The van der Waals surface area contributed by atoms with Crippen LogP contribution in [0.15, 0.2) is 47.4 Å². The van der Waals surface area contributed by atoms with Gasteiger partial charge < -0.3 is 5.32 Å². The molecule has 6 nitrogen and oxygen atoms in total. The number of thioether (sulfide) groups is 1. The molecule has 0 heterocycles. The minimum absolute atomic E-state index is 0.0209. The fraction of sp³-hybridized carbons (Fsp3) is 0.167. The molecule has 0 aromatic heterocycles. The molecular weight excluding hydrogens is 428 g/mol. The van der Waals surface area contributed by atoms with Gasteiger partial charge in [-0.1, -0.05) is 23.2 Å². The van der Waals surface area contributed by atoms with Gasteiger partial charge in [-0.2, -0.15) is 0 Å². The smallest absolute Gasteiger partial charge is 0.252 e. The molecule has 0 saturated carbocycles. The summed E-state index contributed by atoms with van der Waals surface area (Å²) in [6, 6.07) is 10.4. The van der Waals surface area contributed by atoms with Crippen LogP contribution in [0, 0.1) is 5.82 Å². The normalized spacial score (nSPS) is 10.2. The Labute approximate surface area is 175 Å². The van der Waals surface area contributed by atoms with Crippen LogP contribution in [0.5, 0.6) is 0 Å². The number of amides is 3. The van der Waals surface area contributed by atoms with Gasteiger partial charge in [0.2, 0.25) is 11.8 Å². The highest BCUT2D eigenvalue weighted by molar-refractivity contribution is 8.00. The Bertz CT molecular complexity index is 866. The van der Waals surface area contributed by atoms with E-state index in [1.807, 2.05) is 0 Å². The monoisotopic (exact) mass is 443 g/mol. The predicted octanol–water partition coefficient (Wildman–Crippen LogP) is 3.19. The standard InChI is InChI=1S/C18H16Cl2FN3O3S/c19-11-1-4-13(5-2-11)28-10-17(26)24-23-16(25)7-8-22-18(27)14-6-3-12(21)9-15(14)20/h1-6,9H,7-8,10H2,(H,22,27)(H,23,25)(H,24,26). The zero-order valence-corrected chi connectivity index (χ0v) is 16.8. The first kappa shape index (κ1) is 22.0. The van der Waals surface area contributed by atoms with E-state index >= 15 is 0 Å². The van der Waals surface area contributed by atoms with Crippen LogP contribution in [0.4, 0.5) is 4.39 Å². The zero-order chi connectivity index (χ0) is 20.5. The highest BCUT2D eigenvalue weighted by Crippen LogP contribution is 2.20. The Morgan fingerprint density at radius 1 is 0.964 bits per heavy atom. The van der Waals surface area contributed by atoms with Crippen molar-refractivity contribution in [2.75, 3.05) is 12.3 Å². The average molecular weight is 444 g/mol. The molecule has 2 aromatic rings. The first-order valence-electron chi connectivity index (χ1n) is 8.04. The summed E-state index contributed by atoms with van der Waals surface area (Å²) >= 11 is 12.9. The molecule has 3 N–H and O–H groups in total. The molecular formula is C18H16Cl2FN3O3S. The van der Waals surface area contributed by atoms with Crippen molar-refractivity contribution in [1.82, 2.24) is 16.2 Å². The second-order valence-electron chi connectivity index (χ2n) is 5.47. The summed E-state index contributed by atoms with van der Waals surface area (Å²) in [5, 5.41) is 3.08. The van der Waals surface area contributed by atoms with Crippen LogP contribution in [-0.2, 0) is 9.59 Å². The number of hydrogen-bond acceptors (Lipinski definition) is 4. The van der Waals surface area contributed by atoms with Gasteiger partial charge in [0.05, 0.1) is 16.3 Å². The number of nitrogens with one attached hydrogen (secondary N) is 3. The van der Waals surface area contributed by atoms with Gasteiger partial charge in [0.1, 0.15) is 5.82 Å². The molecule has 0 bridgehead atoms. The fourth-order valence-electron chi connectivity index (χ4n) is 1.98. The molecule has 0 atom stereocenters. The van der Waals surface area contributed by atoms with Gasteiger partial charge in [-0.15, -0.1) is 11.8 Å². The lowest BCUT2D eigenvalue weighted by Crippen LogP contribution is -2.43. The van der Waals surface area contributed by atoms with Gasteiger partial charge >= 0.3 is 0 Å². The van der Waals surface area contributed by atoms with Crippen molar-refractivity contribution in [3.8, 4) is 0 Å². The number of rotatable bonds is 7. The molecule has 2 rings (SSSR count). The molecule has 0 aliphatic heterocycles. The third-order valence-electron chi connectivity index (χ3n) is 3.34. The van der Waals surface area contributed by atoms with E-state index < -0.39 is 17.6 Å². The molecule has 148 valence electrons. The second kappa shape index (κ2) is 10.9. The molecule has 10 heteroatoms. The third-order valence-corrected chi connectivity index (χ3v) is 4.91. The lowest BCUT2D eigenvalue weighted by Gasteiger charge is -2.09. The van der Waals surface area contributed by atoms with Crippen LogP contribution in [-0.4, -0.2) is 30.0 Å². The lowest BCUT2D eigenvalue weighted by molar-refractivity contribution is -0.127. The van der Waals surface area contributed by atoms with Crippen molar-refractivity contribution < 1.29 is 18.8 Å². The molecule has 0 saturated heterocycles. The Kier molecular flexibility index (Phi) is 8.56. The molecule has 0 unspecified atom stereocenters. The van der Waals surface area contributed by atoms with E-state index in [1.54, 1.807) is 24.3 Å². The van der Waals surface area contributed by atoms with E-state index in [4.69, 9.17) is 23.2 Å². The van der Waals surface area contributed by atoms with Crippen LogP contribution < -0.4 is 16.2 Å². The Balaban J connectivity index is 1.64. The lowest BCUT2D eigenvalue weighted by atomic mass is 10.2. The molecule has 0 fully saturated rings. The highest BCUT2D eigenvalue weighted by atomic mass is 35.5. The quantitative estimate of drug-likeness (QED) is 0.452. The van der Waals surface area contributed by atoms with Gasteiger partial charge in [0, 0.05) is 22.9 Å². The molecule has 3 amide bonds. The fourth-order valence-corrected chi connectivity index (χ4v) is 3.05. The molecule has 0 aliphatic carbocycles. The average Bonchev–Trinajstić information content (AvgIpc) is 2.65. The van der Waals surface area contributed by atoms with E-state index in [2.05, 4.69) is 16.2 Å². The van der Waals surface area contributed by atoms with Crippen LogP contribution in [0.25, 0.3) is 0 Å². The summed E-state index contributed by atoms with van der Waals surface area (Å²) in [5.41, 5.74) is 4.66. The van der Waals surface area contributed by atoms with E-state index in [9.17, 15) is 18.8 Å². The summed E-state index contributed by atoms with van der Waals surface area (Å²) in [4.78, 5) is 36.2. The van der Waals surface area contributed by atoms with Crippen molar-refractivity contribution in [2.45, 2.75) is 11.3 Å². The highest BCUT2D eigenvalue weighted by Gasteiger charge is 2.11. The van der Waals surface area contributed by atoms with Crippen LogP contribution >= 0.6 is 35.0 Å². The number of halogens is 3. The third kappa shape index (κ3) is 7.38. The van der Waals surface area contributed by atoms with Crippen molar-refractivity contribution in [1.29, 1.82) is 0 Å². The Hall–Kier alpha value is -2.29.